The van der Waals surface area contributed by atoms with E-state index in [9.17, 15) is 4.79 Å². The van der Waals surface area contributed by atoms with Gasteiger partial charge in [0.1, 0.15) is 5.75 Å². The van der Waals surface area contributed by atoms with Gasteiger partial charge in [-0.25, -0.2) is 5.84 Å². The summed E-state index contributed by atoms with van der Waals surface area (Å²) in [5.41, 5.74) is 1.96. The third-order valence-electron chi connectivity index (χ3n) is 2.54. The zero-order valence-corrected chi connectivity index (χ0v) is 13.4. The van der Waals surface area contributed by atoms with Crippen molar-refractivity contribution in [3.05, 3.63) is 51.5 Å². The molecule has 3 N–H and O–H groups in total. The molecule has 5 nitrogen and oxygen atoms in total. The molecule has 2 aromatic rings. The molecule has 2 aromatic carbocycles. The summed E-state index contributed by atoms with van der Waals surface area (Å²) in [6.07, 6.45) is 0. The number of carbonyl (C=O) groups excluding carboxylic acids is 1. The summed E-state index contributed by atoms with van der Waals surface area (Å²) in [6, 6.07) is 9.55. The number of halogens is 3. The summed E-state index contributed by atoms with van der Waals surface area (Å²) >= 11 is 17.8. The number of hydrogen-bond donors (Lipinski definition) is 2. The summed E-state index contributed by atoms with van der Waals surface area (Å²) in [4.78, 5) is 11.2. The van der Waals surface area contributed by atoms with Gasteiger partial charge in [0, 0.05) is 16.1 Å². The van der Waals surface area contributed by atoms with Crippen LogP contribution in [0.4, 0.5) is 0 Å². The Morgan fingerprint density at radius 2 is 1.64 bits per heavy atom. The second-order valence-electron chi connectivity index (χ2n) is 4.12. The quantitative estimate of drug-likeness (QED) is 0.482. The minimum atomic E-state index is -0.490. The Kier molecular flexibility index (Phi) is 5.74. The van der Waals surface area contributed by atoms with Crippen LogP contribution >= 0.6 is 34.8 Å². The lowest BCUT2D eigenvalue weighted by atomic mass is 10.3. The van der Waals surface area contributed by atoms with Crippen molar-refractivity contribution >= 4 is 40.7 Å². The minimum Gasteiger partial charge on any atom is -0.480 e. The molecular formula is C14H11Cl3N2O3. The van der Waals surface area contributed by atoms with Gasteiger partial charge in [0.2, 0.25) is 0 Å². The number of nitrogens with one attached hydrogen (secondary N) is 1. The van der Waals surface area contributed by atoms with Gasteiger partial charge in [-0.2, -0.15) is 0 Å². The molecule has 0 aliphatic rings. The zero-order valence-electron chi connectivity index (χ0n) is 11.1. The van der Waals surface area contributed by atoms with Gasteiger partial charge >= 0.3 is 0 Å². The molecule has 8 heteroatoms. The van der Waals surface area contributed by atoms with E-state index in [0.29, 0.717) is 26.6 Å². The zero-order chi connectivity index (χ0) is 16.1. The lowest BCUT2D eigenvalue weighted by Gasteiger charge is -2.13. The van der Waals surface area contributed by atoms with E-state index >= 15 is 0 Å². The van der Waals surface area contributed by atoms with Gasteiger partial charge in [0.05, 0.1) is 5.02 Å². The van der Waals surface area contributed by atoms with Crippen LogP contribution in [-0.2, 0) is 4.79 Å². The van der Waals surface area contributed by atoms with E-state index in [4.69, 9.17) is 50.1 Å². The van der Waals surface area contributed by atoms with Crippen LogP contribution in [0.1, 0.15) is 0 Å². The number of hydrogen-bond acceptors (Lipinski definition) is 4. The van der Waals surface area contributed by atoms with Gasteiger partial charge in [0.15, 0.2) is 18.1 Å². The van der Waals surface area contributed by atoms with Crippen molar-refractivity contribution in [3.63, 3.8) is 0 Å². The van der Waals surface area contributed by atoms with Gasteiger partial charge in [0.25, 0.3) is 5.91 Å². The van der Waals surface area contributed by atoms with E-state index in [-0.39, 0.29) is 12.4 Å². The predicted octanol–water partition coefficient (Wildman–Crippen LogP) is 3.81. The first-order valence-corrected chi connectivity index (χ1v) is 7.17. The van der Waals surface area contributed by atoms with Crippen molar-refractivity contribution in [1.29, 1.82) is 0 Å². The van der Waals surface area contributed by atoms with Gasteiger partial charge in [-0.15, -0.1) is 0 Å². The minimum absolute atomic E-state index is 0.276. The molecule has 0 bridgehead atoms. The average molecular weight is 362 g/mol. The van der Waals surface area contributed by atoms with Gasteiger partial charge in [-0.1, -0.05) is 34.8 Å². The maximum atomic E-state index is 11.2. The Balaban J connectivity index is 2.24. The van der Waals surface area contributed by atoms with E-state index in [2.05, 4.69) is 0 Å². The standard InChI is InChI=1S/C14H11Cl3N2O3/c15-8-1-3-11(10(17)5-8)22-12-4-2-9(16)6-13(12)21-7-14(20)19-18/h1-6H,7,18H2,(H,19,20). The number of benzene rings is 2. The van der Waals surface area contributed by atoms with Gasteiger partial charge < -0.3 is 9.47 Å². The third kappa shape index (κ3) is 4.42. The lowest BCUT2D eigenvalue weighted by Crippen LogP contribution is -2.34. The molecule has 0 aliphatic carbocycles. The molecule has 116 valence electrons. The molecule has 22 heavy (non-hydrogen) atoms. The summed E-state index contributed by atoms with van der Waals surface area (Å²) < 4.78 is 11.0. The normalized spacial score (nSPS) is 10.2. The first-order valence-electron chi connectivity index (χ1n) is 6.04. The summed E-state index contributed by atoms with van der Waals surface area (Å²) in [6.45, 7) is -0.276. The Morgan fingerprint density at radius 3 is 2.27 bits per heavy atom. The Bertz CT molecular complexity index is 695. The highest BCUT2D eigenvalue weighted by Crippen LogP contribution is 2.37. The molecule has 0 unspecified atom stereocenters. The number of rotatable bonds is 5. The van der Waals surface area contributed by atoms with Crippen LogP contribution in [0.25, 0.3) is 0 Å². The van der Waals surface area contributed by atoms with Crippen molar-refractivity contribution in [3.8, 4) is 17.2 Å². The van der Waals surface area contributed by atoms with Crippen LogP contribution in [-0.4, -0.2) is 12.5 Å². The highest BCUT2D eigenvalue weighted by Gasteiger charge is 2.11. The SMILES string of the molecule is NNC(=O)COc1cc(Cl)ccc1Oc1ccc(Cl)cc1Cl. The third-order valence-corrected chi connectivity index (χ3v) is 3.30. The predicted molar refractivity (Wildman–Crippen MR) is 85.8 cm³/mol. The molecule has 0 atom stereocenters. The fourth-order valence-corrected chi connectivity index (χ4v) is 2.15. The summed E-state index contributed by atoms with van der Waals surface area (Å²) in [5, 5.41) is 1.26. The smallest absolute Gasteiger partial charge is 0.271 e. The first-order chi connectivity index (χ1) is 10.5. The number of nitrogens with two attached hydrogens (primary N) is 1. The van der Waals surface area contributed by atoms with Gasteiger partial charge in [-0.3, -0.25) is 10.2 Å². The summed E-state index contributed by atoms with van der Waals surface area (Å²) in [7, 11) is 0. The average Bonchev–Trinajstić information content (AvgIpc) is 2.49. The Hall–Kier alpha value is -1.66. The van der Waals surface area contributed by atoms with Crippen LogP contribution in [0.15, 0.2) is 36.4 Å². The number of hydrazine groups is 1. The highest BCUT2D eigenvalue weighted by atomic mass is 35.5. The fraction of sp³-hybridized carbons (Fsp3) is 0.0714. The van der Waals surface area contributed by atoms with Crippen LogP contribution in [0, 0.1) is 0 Å². The highest BCUT2D eigenvalue weighted by molar-refractivity contribution is 6.35. The van der Waals surface area contributed by atoms with Crippen molar-refractivity contribution in [2.24, 2.45) is 5.84 Å². The lowest BCUT2D eigenvalue weighted by molar-refractivity contribution is -0.123. The number of carbonyl (C=O) groups is 1. The number of amides is 1. The molecule has 0 saturated carbocycles. The molecule has 1 amide bonds. The molecule has 0 aliphatic heterocycles. The summed E-state index contributed by atoms with van der Waals surface area (Å²) in [5.74, 6) is 5.52. The largest absolute Gasteiger partial charge is 0.480 e. The van der Waals surface area contributed by atoms with Gasteiger partial charge in [-0.05, 0) is 30.3 Å². The van der Waals surface area contributed by atoms with E-state index in [0.717, 1.165) is 0 Å². The number of ether oxygens (including phenoxy) is 2. The van der Waals surface area contributed by atoms with Crippen molar-refractivity contribution in [1.82, 2.24) is 5.43 Å². The van der Waals surface area contributed by atoms with Crippen molar-refractivity contribution in [2.75, 3.05) is 6.61 Å². The van der Waals surface area contributed by atoms with Crippen LogP contribution in [0.5, 0.6) is 17.2 Å². The maximum Gasteiger partial charge on any atom is 0.271 e. The fourth-order valence-electron chi connectivity index (χ4n) is 1.54. The van der Waals surface area contributed by atoms with E-state index in [1.165, 1.54) is 6.07 Å². The maximum absolute atomic E-state index is 11.2. The Labute approximate surface area is 141 Å². The second kappa shape index (κ2) is 7.56. The molecule has 0 heterocycles. The monoisotopic (exact) mass is 360 g/mol. The van der Waals surface area contributed by atoms with Crippen LogP contribution < -0.4 is 20.7 Å². The van der Waals surface area contributed by atoms with Crippen molar-refractivity contribution < 1.29 is 14.3 Å². The molecule has 0 aromatic heterocycles. The van der Waals surface area contributed by atoms with Crippen molar-refractivity contribution in [2.45, 2.75) is 0 Å². The second-order valence-corrected chi connectivity index (χ2v) is 5.40. The van der Waals surface area contributed by atoms with Crippen LogP contribution in [0.3, 0.4) is 0 Å². The first kappa shape index (κ1) is 16.7. The molecular weight excluding hydrogens is 351 g/mol. The molecule has 2 rings (SSSR count). The Morgan fingerprint density at radius 1 is 1.00 bits per heavy atom. The van der Waals surface area contributed by atoms with E-state index in [1.807, 2.05) is 5.43 Å². The molecule has 0 spiro atoms. The molecule has 0 saturated heterocycles. The van der Waals surface area contributed by atoms with E-state index in [1.54, 1.807) is 30.3 Å². The molecule has 0 radical (unpaired) electrons. The molecule has 0 fully saturated rings. The van der Waals surface area contributed by atoms with Crippen LogP contribution in [0.2, 0.25) is 15.1 Å². The topological polar surface area (TPSA) is 73.6 Å². The van der Waals surface area contributed by atoms with E-state index < -0.39 is 5.91 Å².